The summed E-state index contributed by atoms with van der Waals surface area (Å²) in [6.07, 6.45) is 1.06. The zero-order valence-corrected chi connectivity index (χ0v) is 10.8. The Kier molecular flexibility index (Phi) is 4.16. The molecule has 1 heterocycles. The van der Waals surface area contributed by atoms with Gasteiger partial charge in [0.25, 0.3) is 0 Å². The molecule has 1 atom stereocenters. The van der Waals surface area contributed by atoms with E-state index in [2.05, 4.69) is 0 Å². The fraction of sp³-hybridized carbons (Fsp3) is 0.429. The number of carbonyl (C=O) groups excluding carboxylic acids is 1. The van der Waals surface area contributed by atoms with Gasteiger partial charge in [0.05, 0.1) is 18.1 Å². The first kappa shape index (κ1) is 13.5. The van der Waals surface area contributed by atoms with Crippen LogP contribution in [-0.2, 0) is 16.0 Å². The zero-order chi connectivity index (χ0) is 13.8. The lowest BCUT2D eigenvalue weighted by Gasteiger charge is -2.16. The Morgan fingerprint density at radius 2 is 2.16 bits per heavy atom. The minimum Gasteiger partial charge on any atom is -0.478 e. The number of benzene rings is 1. The predicted octanol–water partition coefficient (Wildman–Crippen LogP) is 1.17. The molecule has 1 amide bonds. The number of carbonyl (C=O) groups is 2. The number of ether oxygens (including phenoxy) is 1. The molecule has 1 fully saturated rings. The van der Waals surface area contributed by atoms with Crippen molar-refractivity contribution in [3.05, 3.63) is 35.4 Å². The molecule has 5 heteroatoms. The average molecular weight is 263 g/mol. The number of nitrogens with zero attached hydrogens (tertiary/aromatic N) is 1. The van der Waals surface area contributed by atoms with Gasteiger partial charge < -0.3 is 14.7 Å². The molecule has 102 valence electrons. The maximum atomic E-state index is 12.1. The molecule has 0 aliphatic carbocycles. The van der Waals surface area contributed by atoms with Crippen LogP contribution in [0.1, 0.15) is 22.3 Å². The molecule has 1 aliphatic heterocycles. The van der Waals surface area contributed by atoms with Crippen LogP contribution in [0.4, 0.5) is 0 Å². The van der Waals surface area contributed by atoms with Crippen molar-refractivity contribution >= 4 is 11.9 Å². The van der Waals surface area contributed by atoms with Crippen LogP contribution in [0.3, 0.4) is 0 Å². The van der Waals surface area contributed by atoms with E-state index < -0.39 is 5.97 Å². The lowest BCUT2D eigenvalue weighted by atomic mass is 10.0. The summed E-state index contributed by atoms with van der Waals surface area (Å²) in [5.41, 5.74) is 0.749. The summed E-state index contributed by atoms with van der Waals surface area (Å²) in [6.45, 7) is 1.26. The Bertz CT molecular complexity index is 486. The summed E-state index contributed by atoms with van der Waals surface area (Å²) in [6, 6.07) is 6.61. The highest BCUT2D eigenvalue weighted by molar-refractivity contribution is 5.91. The van der Waals surface area contributed by atoms with Crippen molar-refractivity contribution in [1.29, 1.82) is 0 Å². The van der Waals surface area contributed by atoms with Crippen LogP contribution in [0.25, 0.3) is 0 Å². The predicted molar refractivity (Wildman–Crippen MR) is 69.1 cm³/mol. The van der Waals surface area contributed by atoms with Gasteiger partial charge in [-0.25, -0.2) is 4.79 Å². The van der Waals surface area contributed by atoms with Crippen LogP contribution in [0.2, 0.25) is 0 Å². The van der Waals surface area contributed by atoms with Gasteiger partial charge in [0, 0.05) is 20.2 Å². The summed E-state index contributed by atoms with van der Waals surface area (Å²) in [5, 5.41) is 9.08. The van der Waals surface area contributed by atoms with Crippen LogP contribution in [0.15, 0.2) is 24.3 Å². The number of carboxylic acid groups (broad SMARTS) is 1. The second kappa shape index (κ2) is 5.84. The van der Waals surface area contributed by atoms with Gasteiger partial charge in [-0.1, -0.05) is 18.2 Å². The van der Waals surface area contributed by atoms with Crippen LogP contribution >= 0.6 is 0 Å². The molecule has 0 unspecified atom stereocenters. The molecule has 0 aromatic heterocycles. The molecule has 0 saturated carbocycles. The number of methoxy groups -OCH3 is 1. The van der Waals surface area contributed by atoms with Gasteiger partial charge in [0.15, 0.2) is 0 Å². The van der Waals surface area contributed by atoms with Crippen molar-refractivity contribution in [2.24, 2.45) is 0 Å². The smallest absolute Gasteiger partial charge is 0.335 e. The molecule has 1 saturated heterocycles. The molecule has 19 heavy (non-hydrogen) atoms. The SMILES string of the molecule is CO[C@H]1CCN(C(=O)Cc2ccccc2C(=O)O)C1. The highest BCUT2D eigenvalue weighted by Gasteiger charge is 2.26. The van der Waals surface area contributed by atoms with Crippen molar-refractivity contribution < 1.29 is 19.4 Å². The number of likely N-dealkylation sites (tertiary alicyclic amines) is 1. The maximum Gasteiger partial charge on any atom is 0.335 e. The molecule has 2 rings (SSSR count). The van der Waals surface area contributed by atoms with E-state index >= 15 is 0 Å². The first-order chi connectivity index (χ1) is 9.11. The fourth-order valence-electron chi connectivity index (χ4n) is 2.30. The second-order valence-electron chi connectivity index (χ2n) is 4.63. The normalized spacial score (nSPS) is 18.6. The van der Waals surface area contributed by atoms with E-state index in [4.69, 9.17) is 9.84 Å². The van der Waals surface area contributed by atoms with Gasteiger partial charge in [0.2, 0.25) is 5.91 Å². The topological polar surface area (TPSA) is 66.8 Å². The van der Waals surface area contributed by atoms with Crippen molar-refractivity contribution in [2.45, 2.75) is 18.9 Å². The molecule has 1 aromatic carbocycles. The van der Waals surface area contributed by atoms with E-state index in [9.17, 15) is 9.59 Å². The molecule has 1 N–H and O–H groups in total. The average Bonchev–Trinajstić information content (AvgIpc) is 2.88. The van der Waals surface area contributed by atoms with E-state index in [-0.39, 0.29) is 24.0 Å². The Morgan fingerprint density at radius 3 is 2.79 bits per heavy atom. The maximum absolute atomic E-state index is 12.1. The Hall–Kier alpha value is -1.88. The molecule has 5 nitrogen and oxygen atoms in total. The van der Waals surface area contributed by atoms with E-state index in [0.29, 0.717) is 18.7 Å². The third-order valence-corrected chi connectivity index (χ3v) is 3.42. The molecule has 0 bridgehead atoms. The minimum absolute atomic E-state index is 0.0479. The third-order valence-electron chi connectivity index (χ3n) is 3.42. The lowest BCUT2D eigenvalue weighted by Crippen LogP contribution is -2.31. The lowest BCUT2D eigenvalue weighted by molar-refractivity contribution is -0.129. The number of rotatable bonds is 4. The van der Waals surface area contributed by atoms with Crippen molar-refractivity contribution in [3.8, 4) is 0 Å². The number of hydrogen-bond acceptors (Lipinski definition) is 3. The summed E-state index contributed by atoms with van der Waals surface area (Å²) < 4.78 is 5.22. The van der Waals surface area contributed by atoms with Crippen molar-refractivity contribution in [1.82, 2.24) is 4.90 Å². The quantitative estimate of drug-likeness (QED) is 0.885. The Morgan fingerprint density at radius 1 is 1.42 bits per heavy atom. The summed E-state index contributed by atoms with van der Waals surface area (Å²) in [4.78, 5) is 24.9. The van der Waals surface area contributed by atoms with Crippen molar-refractivity contribution in [2.75, 3.05) is 20.2 Å². The highest BCUT2D eigenvalue weighted by atomic mass is 16.5. The number of amides is 1. The molecular formula is C14H17NO4. The molecule has 1 aromatic rings. The van der Waals surface area contributed by atoms with Gasteiger partial charge in [-0.05, 0) is 18.1 Å². The zero-order valence-electron chi connectivity index (χ0n) is 10.8. The Labute approximate surface area is 111 Å². The van der Waals surface area contributed by atoms with E-state index in [0.717, 1.165) is 6.42 Å². The largest absolute Gasteiger partial charge is 0.478 e. The van der Waals surface area contributed by atoms with Gasteiger partial charge in [-0.3, -0.25) is 4.79 Å². The summed E-state index contributed by atoms with van der Waals surface area (Å²) in [5.74, 6) is -1.05. The van der Waals surface area contributed by atoms with Crippen molar-refractivity contribution in [3.63, 3.8) is 0 Å². The highest BCUT2D eigenvalue weighted by Crippen LogP contribution is 2.15. The minimum atomic E-state index is -1.00. The van der Waals surface area contributed by atoms with Gasteiger partial charge >= 0.3 is 5.97 Å². The van der Waals surface area contributed by atoms with Crippen LogP contribution in [0, 0.1) is 0 Å². The van der Waals surface area contributed by atoms with Gasteiger partial charge in [-0.2, -0.15) is 0 Å². The first-order valence-electron chi connectivity index (χ1n) is 6.23. The molecule has 0 radical (unpaired) electrons. The van der Waals surface area contributed by atoms with Crippen LogP contribution < -0.4 is 0 Å². The molecule has 0 spiro atoms. The van der Waals surface area contributed by atoms with E-state index in [1.165, 1.54) is 6.07 Å². The van der Waals surface area contributed by atoms with Gasteiger partial charge in [-0.15, -0.1) is 0 Å². The van der Waals surface area contributed by atoms with Gasteiger partial charge in [0.1, 0.15) is 0 Å². The summed E-state index contributed by atoms with van der Waals surface area (Å²) >= 11 is 0. The standard InChI is InChI=1S/C14H17NO4/c1-19-11-6-7-15(9-11)13(16)8-10-4-2-3-5-12(10)14(17)18/h2-5,11H,6-9H2,1H3,(H,17,18)/t11-/m0/s1. The molecule has 1 aliphatic rings. The third kappa shape index (κ3) is 3.12. The van der Waals surface area contributed by atoms with E-state index in [1.807, 2.05) is 0 Å². The number of hydrogen-bond donors (Lipinski definition) is 1. The van der Waals surface area contributed by atoms with E-state index in [1.54, 1.807) is 30.2 Å². The summed E-state index contributed by atoms with van der Waals surface area (Å²) in [7, 11) is 1.64. The fourth-order valence-corrected chi connectivity index (χ4v) is 2.30. The number of aromatic carboxylic acids is 1. The second-order valence-corrected chi connectivity index (χ2v) is 4.63. The Balaban J connectivity index is 2.05. The van der Waals surface area contributed by atoms with Crippen LogP contribution in [0.5, 0.6) is 0 Å². The monoisotopic (exact) mass is 263 g/mol. The molecular weight excluding hydrogens is 246 g/mol. The first-order valence-corrected chi connectivity index (χ1v) is 6.23. The number of carboxylic acids is 1. The van der Waals surface area contributed by atoms with Crippen LogP contribution in [-0.4, -0.2) is 48.2 Å².